The second-order valence-corrected chi connectivity index (χ2v) is 8.78. The van der Waals surface area contributed by atoms with Crippen molar-refractivity contribution in [2.45, 2.75) is 34.1 Å². The number of carbonyl (C=O) groups is 1. The van der Waals surface area contributed by atoms with Crippen LogP contribution in [0.5, 0.6) is 0 Å². The number of ether oxygens (including phenoxy) is 1. The summed E-state index contributed by atoms with van der Waals surface area (Å²) in [7, 11) is -0.323. The van der Waals surface area contributed by atoms with Gasteiger partial charge in [-0.3, -0.25) is 4.79 Å². The molecule has 0 fully saturated rings. The minimum absolute atomic E-state index is 0.135. The Balaban J connectivity index is 4.12. The Kier molecular flexibility index (Phi) is 7.32. The minimum Gasteiger partial charge on any atom is -0.748 e. The zero-order valence-electron chi connectivity index (χ0n) is 14.0. The summed E-state index contributed by atoms with van der Waals surface area (Å²) in [6.07, 6.45) is 0.311. The molecule has 0 saturated carbocycles. The van der Waals surface area contributed by atoms with Gasteiger partial charge in [-0.05, 0) is 5.41 Å². The molecule has 0 heterocycles. The standard InChI is InChI=1S/C14H29NO5S/c1-12(14(2,3)4)13(16)20-10-9-15(5,6)8-7-11-21(17,18)19/h12H,7-11H2,1-6H3. The van der Waals surface area contributed by atoms with Gasteiger partial charge in [0.2, 0.25) is 0 Å². The zero-order chi connectivity index (χ0) is 16.9. The molecular formula is C14H29NO5S. The molecule has 0 aliphatic carbocycles. The second-order valence-electron chi connectivity index (χ2n) is 7.25. The van der Waals surface area contributed by atoms with Crippen molar-refractivity contribution in [3.05, 3.63) is 0 Å². The summed E-state index contributed by atoms with van der Waals surface area (Å²) in [5, 5.41) is 0. The molecule has 0 rings (SSSR count). The number of rotatable bonds is 8. The van der Waals surface area contributed by atoms with E-state index in [-0.39, 0.29) is 29.7 Å². The van der Waals surface area contributed by atoms with Crippen LogP contribution in [0.3, 0.4) is 0 Å². The molecule has 6 nitrogen and oxygen atoms in total. The molecule has 0 aromatic heterocycles. The average Bonchev–Trinajstić information content (AvgIpc) is 2.23. The first kappa shape index (κ1) is 20.3. The van der Waals surface area contributed by atoms with Gasteiger partial charge in [-0.25, -0.2) is 8.42 Å². The third kappa shape index (κ3) is 9.82. The molecule has 1 unspecified atom stereocenters. The van der Waals surface area contributed by atoms with Gasteiger partial charge >= 0.3 is 5.97 Å². The lowest BCUT2D eigenvalue weighted by Crippen LogP contribution is -2.44. The SMILES string of the molecule is CC(C(=O)OCC[N+](C)(C)CCCS(=O)(=O)[O-])C(C)(C)C. The largest absolute Gasteiger partial charge is 0.748 e. The summed E-state index contributed by atoms with van der Waals surface area (Å²) in [5.74, 6) is -0.751. The van der Waals surface area contributed by atoms with E-state index in [1.54, 1.807) is 0 Å². The second kappa shape index (κ2) is 7.56. The van der Waals surface area contributed by atoms with Crippen molar-refractivity contribution in [3.63, 3.8) is 0 Å². The highest BCUT2D eigenvalue weighted by Gasteiger charge is 2.28. The van der Waals surface area contributed by atoms with Gasteiger partial charge in [-0.15, -0.1) is 0 Å². The third-order valence-corrected chi connectivity index (χ3v) is 4.54. The first-order valence-corrected chi connectivity index (χ1v) is 8.74. The molecule has 0 radical (unpaired) electrons. The number of likely N-dealkylation sites (N-methyl/N-ethyl adjacent to an activating group) is 1. The highest BCUT2D eigenvalue weighted by atomic mass is 32.2. The third-order valence-electron chi connectivity index (χ3n) is 3.75. The van der Waals surface area contributed by atoms with Gasteiger partial charge in [0.1, 0.15) is 13.2 Å². The van der Waals surface area contributed by atoms with Crippen molar-refractivity contribution in [3.8, 4) is 0 Å². The molecule has 0 bridgehead atoms. The van der Waals surface area contributed by atoms with Crippen LogP contribution in [0.15, 0.2) is 0 Å². The minimum atomic E-state index is -4.15. The Morgan fingerprint density at radius 1 is 1.24 bits per heavy atom. The maximum atomic E-state index is 11.9. The summed E-state index contributed by atoms with van der Waals surface area (Å²) in [5.41, 5.74) is -0.135. The van der Waals surface area contributed by atoms with Crippen molar-refractivity contribution < 1.29 is 27.0 Å². The summed E-state index contributed by atoms with van der Waals surface area (Å²) in [6.45, 7) is 9.24. The lowest BCUT2D eigenvalue weighted by atomic mass is 9.82. The molecule has 21 heavy (non-hydrogen) atoms. The Morgan fingerprint density at radius 2 is 1.76 bits per heavy atom. The van der Waals surface area contributed by atoms with Crippen LogP contribution >= 0.6 is 0 Å². The first-order valence-electron chi connectivity index (χ1n) is 7.17. The van der Waals surface area contributed by atoms with Crippen molar-refractivity contribution >= 4 is 16.1 Å². The molecule has 1 atom stereocenters. The van der Waals surface area contributed by atoms with Crippen molar-refractivity contribution in [2.75, 3.05) is 39.5 Å². The fourth-order valence-corrected chi connectivity index (χ4v) is 2.14. The molecule has 0 aliphatic rings. The average molecular weight is 323 g/mol. The predicted octanol–water partition coefficient (Wildman–Crippen LogP) is 1.22. The molecule has 0 aromatic carbocycles. The lowest BCUT2D eigenvalue weighted by Gasteiger charge is -2.30. The topological polar surface area (TPSA) is 83.5 Å². The van der Waals surface area contributed by atoms with Gasteiger partial charge in [0.05, 0.1) is 36.7 Å². The molecule has 7 heteroatoms. The van der Waals surface area contributed by atoms with E-state index in [2.05, 4.69) is 0 Å². The maximum absolute atomic E-state index is 11.9. The highest BCUT2D eigenvalue weighted by Crippen LogP contribution is 2.26. The number of hydrogen-bond acceptors (Lipinski definition) is 5. The van der Waals surface area contributed by atoms with Gasteiger partial charge in [0, 0.05) is 12.2 Å². The Labute approximate surface area is 128 Å². The Morgan fingerprint density at radius 3 is 2.19 bits per heavy atom. The Hall–Kier alpha value is -0.660. The number of nitrogens with zero attached hydrogens (tertiary/aromatic N) is 1. The van der Waals surface area contributed by atoms with E-state index in [9.17, 15) is 17.8 Å². The van der Waals surface area contributed by atoms with Crippen LogP contribution in [0.1, 0.15) is 34.1 Å². The van der Waals surface area contributed by atoms with Crippen LogP contribution in [-0.4, -0.2) is 63.0 Å². The molecule has 0 N–H and O–H groups in total. The summed E-state index contributed by atoms with van der Waals surface area (Å²) in [4.78, 5) is 11.9. The van der Waals surface area contributed by atoms with Crippen LogP contribution in [0, 0.1) is 11.3 Å². The number of quaternary nitrogens is 1. The van der Waals surface area contributed by atoms with E-state index in [1.165, 1.54) is 0 Å². The normalized spacial score (nSPS) is 14.8. The molecule has 126 valence electrons. The van der Waals surface area contributed by atoms with E-state index in [4.69, 9.17) is 4.74 Å². The number of carbonyl (C=O) groups excluding carboxylic acids is 1. The monoisotopic (exact) mass is 323 g/mol. The van der Waals surface area contributed by atoms with Gasteiger partial charge < -0.3 is 13.8 Å². The quantitative estimate of drug-likeness (QED) is 0.381. The van der Waals surface area contributed by atoms with E-state index in [0.29, 0.717) is 24.0 Å². The van der Waals surface area contributed by atoms with E-state index in [0.717, 1.165) is 0 Å². The van der Waals surface area contributed by atoms with Gasteiger partial charge in [0.25, 0.3) is 0 Å². The lowest BCUT2D eigenvalue weighted by molar-refractivity contribution is -0.890. The van der Waals surface area contributed by atoms with Crippen LogP contribution < -0.4 is 0 Å². The van der Waals surface area contributed by atoms with Crippen LogP contribution in [0.4, 0.5) is 0 Å². The maximum Gasteiger partial charge on any atom is 0.309 e. The summed E-state index contributed by atoms with van der Waals surface area (Å²) >= 11 is 0. The molecule has 0 aliphatic heterocycles. The first-order chi connectivity index (χ1) is 9.25. The van der Waals surface area contributed by atoms with Crippen LogP contribution in [0.2, 0.25) is 0 Å². The van der Waals surface area contributed by atoms with Crippen LogP contribution in [0.25, 0.3) is 0 Å². The van der Waals surface area contributed by atoms with Crippen molar-refractivity contribution in [2.24, 2.45) is 11.3 Å². The van der Waals surface area contributed by atoms with E-state index >= 15 is 0 Å². The van der Waals surface area contributed by atoms with Gasteiger partial charge in [-0.1, -0.05) is 27.7 Å². The Bertz CT molecular complexity index is 437. The van der Waals surface area contributed by atoms with Gasteiger partial charge in [-0.2, -0.15) is 0 Å². The van der Waals surface area contributed by atoms with Crippen molar-refractivity contribution in [1.82, 2.24) is 0 Å². The van der Waals surface area contributed by atoms with E-state index in [1.807, 2.05) is 41.8 Å². The molecule has 0 amide bonds. The van der Waals surface area contributed by atoms with E-state index < -0.39 is 10.1 Å². The number of hydrogen-bond donors (Lipinski definition) is 0. The molecule has 0 aromatic rings. The van der Waals surface area contributed by atoms with Crippen LogP contribution in [-0.2, 0) is 19.6 Å². The predicted molar refractivity (Wildman–Crippen MR) is 80.6 cm³/mol. The molecule has 0 spiro atoms. The van der Waals surface area contributed by atoms with Crippen molar-refractivity contribution in [1.29, 1.82) is 0 Å². The number of esters is 1. The van der Waals surface area contributed by atoms with Gasteiger partial charge in [0.15, 0.2) is 0 Å². The molecule has 0 saturated heterocycles. The zero-order valence-corrected chi connectivity index (χ0v) is 14.8. The highest BCUT2D eigenvalue weighted by molar-refractivity contribution is 7.85. The fraction of sp³-hybridized carbons (Fsp3) is 0.929. The summed E-state index contributed by atoms with van der Waals surface area (Å²) < 4.78 is 37.5. The summed E-state index contributed by atoms with van der Waals surface area (Å²) in [6, 6.07) is 0. The fourth-order valence-electron chi connectivity index (χ4n) is 1.65. The molecular weight excluding hydrogens is 294 g/mol. The smallest absolute Gasteiger partial charge is 0.309 e.